The second-order valence-electron chi connectivity index (χ2n) is 9.55. The number of aliphatic imine (C=N–C) groups is 1. The highest BCUT2D eigenvalue weighted by Crippen LogP contribution is 2.31. The van der Waals surface area contributed by atoms with Crippen molar-refractivity contribution in [2.45, 2.75) is 63.6 Å². The molecule has 186 valence electrons. The summed E-state index contributed by atoms with van der Waals surface area (Å²) in [5, 5.41) is 7.18. The van der Waals surface area contributed by atoms with Crippen LogP contribution in [0.2, 0.25) is 0 Å². The zero-order chi connectivity index (χ0) is 22.2. The van der Waals surface area contributed by atoms with Crippen LogP contribution in [-0.4, -0.2) is 79.8 Å². The number of hydrogen-bond acceptors (Lipinski definition) is 4. The molecule has 0 aliphatic carbocycles. The summed E-state index contributed by atoms with van der Waals surface area (Å²) in [6, 6.07) is 7.32. The molecular weight excluding hydrogens is 532 g/mol. The highest BCUT2D eigenvalue weighted by Gasteiger charge is 2.39. The third-order valence-corrected chi connectivity index (χ3v) is 7.32. The largest absolute Gasteiger partial charge is 0.381 e. The van der Waals surface area contributed by atoms with Crippen LogP contribution in [0.3, 0.4) is 0 Å². The first kappa shape index (κ1) is 26.6. The maximum atomic E-state index is 13.1. The van der Waals surface area contributed by atoms with E-state index in [1.165, 1.54) is 31.5 Å². The molecule has 0 aromatic heterocycles. The van der Waals surface area contributed by atoms with E-state index in [2.05, 4.69) is 27.4 Å². The number of nitrogens with zero attached hydrogens (tertiary/aromatic N) is 3. The molecule has 6 nitrogen and oxygen atoms in total. The van der Waals surface area contributed by atoms with Crippen molar-refractivity contribution < 1.29 is 9.13 Å². The topological polar surface area (TPSA) is 52.1 Å². The van der Waals surface area contributed by atoms with Crippen molar-refractivity contribution in [3.63, 3.8) is 0 Å². The Labute approximate surface area is 215 Å². The molecule has 0 atom stereocenters. The van der Waals surface area contributed by atoms with Crippen molar-refractivity contribution in [2.75, 3.05) is 52.5 Å². The minimum atomic E-state index is -0.167. The summed E-state index contributed by atoms with van der Waals surface area (Å²) in [7, 11) is 0. The van der Waals surface area contributed by atoms with E-state index in [-0.39, 0.29) is 35.3 Å². The van der Waals surface area contributed by atoms with E-state index in [0.29, 0.717) is 6.04 Å². The fourth-order valence-corrected chi connectivity index (χ4v) is 5.34. The van der Waals surface area contributed by atoms with Crippen LogP contribution in [0.1, 0.15) is 51.0 Å². The Bertz CT molecular complexity index is 727. The molecule has 2 N–H and O–H groups in total. The van der Waals surface area contributed by atoms with Crippen LogP contribution in [0.25, 0.3) is 0 Å². The minimum Gasteiger partial charge on any atom is -0.381 e. The molecule has 3 fully saturated rings. The average Bonchev–Trinajstić information content (AvgIpc) is 3.37. The fraction of sp³-hybridized carbons (Fsp3) is 0.720. The van der Waals surface area contributed by atoms with Gasteiger partial charge in [0, 0.05) is 51.0 Å². The van der Waals surface area contributed by atoms with E-state index >= 15 is 0 Å². The molecular formula is C25H41FIN5O. The summed E-state index contributed by atoms with van der Waals surface area (Å²) >= 11 is 0. The molecule has 1 aromatic carbocycles. The quantitative estimate of drug-likeness (QED) is 0.297. The summed E-state index contributed by atoms with van der Waals surface area (Å²) in [4.78, 5) is 10.2. The van der Waals surface area contributed by atoms with Crippen molar-refractivity contribution >= 4 is 29.9 Å². The molecule has 33 heavy (non-hydrogen) atoms. The number of halogens is 2. The predicted molar refractivity (Wildman–Crippen MR) is 143 cm³/mol. The van der Waals surface area contributed by atoms with Gasteiger partial charge in [-0.25, -0.2) is 4.39 Å². The first-order valence-electron chi connectivity index (χ1n) is 12.5. The van der Waals surface area contributed by atoms with Crippen molar-refractivity contribution in [3.8, 4) is 0 Å². The molecule has 3 heterocycles. The normalized spacial score (nSPS) is 22.7. The van der Waals surface area contributed by atoms with Gasteiger partial charge in [-0.15, -0.1) is 24.0 Å². The molecule has 3 saturated heterocycles. The number of rotatable bonds is 7. The Morgan fingerprint density at radius 2 is 1.76 bits per heavy atom. The number of hydrogen-bond donors (Lipinski definition) is 2. The molecule has 1 aromatic rings. The van der Waals surface area contributed by atoms with E-state index in [4.69, 9.17) is 9.73 Å². The highest BCUT2D eigenvalue weighted by molar-refractivity contribution is 14.0. The van der Waals surface area contributed by atoms with Crippen LogP contribution in [-0.2, 0) is 11.3 Å². The Hall–Kier alpha value is -0.970. The van der Waals surface area contributed by atoms with Crippen molar-refractivity contribution in [2.24, 2.45) is 4.99 Å². The highest BCUT2D eigenvalue weighted by atomic mass is 127. The van der Waals surface area contributed by atoms with Crippen LogP contribution in [0.15, 0.2) is 29.3 Å². The molecule has 3 aliphatic rings. The molecule has 8 heteroatoms. The van der Waals surface area contributed by atoms with Crippen molar-refractivity contribution in [1.82, 2.24) is 20.4 Å². The van der Waals surface area contributed by atoms with E-state index in [0.717, 1.165) is 77.6 Å². The molecule has 0 amide bonds. The number of ether oxygens (including phenoxy) is 1. The molecule has 0 unspecified atom stereocenters. The third-order valence-electron chi connectivity index (χ3n) is 7.32. The van der Waals surface area contributed by atoms with Crippen molar-refractivity contribution in [3.05, 3.63) is 35.6 Å². The summed E-state index contributed by atoms with van der Waals surface area (Å²) in [5.41, 5.74) is 1.34. The number of piperidine rings is 1. The monoisotopic (exact) mass is 573 g/mol. The minimum absolute atomic E-state index is 0. The maximum Gasteiger partial charge on any atom is 0.191 e. The number of guanidine groups is 1. The lowest BCUT2D eigenvalue weighted by molar-refractivity contribution is -0.0139. The smallest absolute Gasteiger partial charge is 0.191 e. The summed E-state index contributed by atoms with van der Waals surface area (Å²) in [5.74, 6) is 0.786. The van der Waals surface area contributed by atoms with E-state index in [9.17, 15) is 4.39 Å². The molecule has 4 rings (SSSR count). The fourth-order valence-electron chi connectivity index (χ4n) is 5.34. The second kappa shape index (κ2) is 13.2. The Kier molecular flexibility index (Phi) is 10.7. The average molecular weight is 574 g/mol. The summed E-state index contributed by atoms with van der Waals surface area (Å²) < 4.78 is 18.8. The van der Waals surface area contributed by atoms with Crippen LogP contribution < -0.4 is 10.6 Å². The molecule has 0 spiro atoms. The third kappa shape index (κ3) is 7.50. The molecule has 3 aliphatic heterocycles. The Morgan fingerprint density at radius 3 is 2.39 bits per heavy atom. The number of benzene rings is 1. The summed E-state index contributed by atoms with van der Waals surface area (Å²) in [6.07, 6.45) is 6.96. The number of nitrogens with one attached hydrogen (secondary N) is 2. The van der Waals surface area contributed by atoms with Gasteiger partial charge in [0.2, 0.25) is 0 Å². The lowest BCUT2D eigenvalue weighted by Crippen LogP contribution is -2.54. The zero-order valence-electron chi connectivity index (χ0n) is 20.0. The van der Waals surface area contributed by atoms with Gasteiger partial charge in [-0.1, -0.05) is 12.1 Å². The van der Waals surface area contributed by atoms with Gasteiger partial charge in [-0.2, -0.15) is 0 Å². The lowest BCUT2D eigenvalue weighted by atomic mass is 9.88. The van der Waals surface area contributed by atoms with Gasteiger partial charge in [-0.3, -0.25) is 14.8 Å². The molecule has 0 bridgehead atoms. The van der Waals surface area contributed by atoms with Crippen molar-refractivity contribution in [1.29, 1.82) is 0 Å². The van der Waals surface area contributed by atoms with Crippen LogP contribution >= 0.6 is 24.0 Å². The predicted octanol–water partition coefficient (Wildman–Crippen LogP) is 3.61. The first-order chi connectivity index (χ1) is 15.7. The van der Waals surface area contributed by atoms with Gasteiger partial charge in [0.15, 0.2) is 5.96 Å². The summed E-state index contributed by atoms with van der Waals surface area (Å²) in [6.45, 7) is 10.9. The van der Waals surface area contributed by atoms with Gasteiger partial charge in [0.1, 0.15) is 5.82 Å². The van der Waals surface area contributed by atoms with Gasteiger partial charge < -0.3 is 15.4 Å². The zero-order valence-corrected chi connectivity index (χ0v) is 22.4. The van der Waals surface area contributed by atoms with Gasteiger partial charge in [0.25, 0.3) is 0 Å². The van der Waals surface area contributed by atoms with Crippen LogP contribution in [0, 0.1) is 5.82 Å². The van der Waals surface area contributed by atoms with Gasteiger partial charge >= 0.3 is 0 Å². The van der Waals surface area contributed by atoms with E-state index in [1.54, 1.807) is 12.1 Å². The van der Waals surface area contributed by atoms with Gasteiger partial charge in [-0.05, 0) is 76.2 Å². The van der Waals surface area contributed by atoms with E-state index < -0.39 is 0 Å². The van der Waals surface area contributed by atoms with E-state index in [1.807, 2.05) is 12.1 Å². The maximum absolute atomic E-state index is 13.1. The number of likely N-dealkylation sites (tertiary alicyclic amines) is 2. The molecule has 0 radical (unpaired) electrons. The first-order valence-corrected chi connectivity index (χ1v) is 12.5. The second-order valence-corrected chi connectivity index (χ2v) is 9.55. The Morgan fingerprint density at radius 1 is 1.09 bits per heavy atom. The van der Waals surface area contributed by atoms with Gasteiger partial charge in [0.05, 0.1) is 6.54 Å². The van der Waals surface area contributed by atoms with Crippen LogP contribution in [0.5, 0.6) is 0 Å². The lowest BCUT2D eigenvalue weighted by Gasteiger charge is -2.43. The Balaban J connectivity index is 0.00000306. The SMILES string of the molecule is CCNC(=NCC1(N2CCCC2)CCOCC1)NC1CCN(Cc2ccc(F)cc2)CC1.I. The van der Waals surface area contributed by atoms with Crippen LogP contribution in [0.4, 0.5) is 4.39 Å². The molecule has 0 saturated carbocycles. The standard InChI is InChI=1S/C25H40FN5O.HI/c1-2-27-24(28-20-25(11-17-32-18-12-25)31-13-3-4-14-31)29-23-9-15-30(16-10-23)19-21-5-7-22(26)8-6-21;/h5-8,23H,2-4,9-20H2,1H3,(H2,27,28,29);1H.